The summed E-state index contributed by atoms with van der Waals surface area (Å²) in [6.45, 7) is -0.927. The smallest absolute Gasteiger partial charge is 0.298 e. The Morgan fingerprint density at radius 3 is 2.43 bits per heavy atom. The zero-order chi connectivity index (χ0) is 36.8. The number of fused-ring (bicyclic) bond motifs is 4. The molecule has 0 unspecified atom stereocenters. The van der Waals surface area contributed by atoms with Crippen molar-refractivity contribution in [2.75, 3.05) is 6.26 Å². The second-order valence-corrected chi connectivity index (χ2v) is 15.7. The zero-order valence-electron chi connectivity index (χ0n) is 26.8. The van der Waals surface area contributed by atoms with Gasteiger partial charge in [-0.15, -0.1) is 0 Å². The van der Waals surface area contributed by atoms with E-state index in [9.17, 15) is 35.2 Å². The summed E-state index contributed by atoms with van der Waals surface area (Å²) < 4.78 is 127. The van der Waals surface area contributed by atoms with E-state index in [1.54, 1.807) is 31.3 Å². The third-order valence-corrected chi connectivity index (χ3v) is 10.3. The number of hydrogen-bond donors (Lipinski definition) is 0. The van der Waals surface area contributed by atoms with Gasteiger partial charge in [0.25, 0.3) is 5.92 Å². The molecule has 0 spiro atoms. The fraction of sp³-hybridized carbons (Fsp3) is 0.353. The van der Waals surface area contributed by atoms with Crippen LogP contribution in [-0.2, 0) is 52.5 Å². The molecule has 8 nitrogen and oxygen atoms in total. The van der Waals surface area contributed by atoms with E-state index in [4.69, 9.17) is 11.6 Å². The molecule has 2 aromatic carbocycles. The number of sulfone groups is 1. The molecule has 51 heavy (non-hydrogen) atoms. The Labute approximate surface area is 291 Å². The van der Waals surface area contributed by atoms with E-state index in [-0.39, 0.29) is 40.7 Å². The molecule has 3 atom stereocenters. The summed E-state index contributed by atoms with van der Waals surface area (Å²) in [7, 11) is -1.87. The maximum Gasteiger partial charge on any atom is 0.435 e. The number of carbonyl (C=O) groups is 1. The monoisotopic (exact) mass is 753 g/mol. The highest BCUT2D eigenvalue weighted by atomic mass is 35.5. The van der Waals surface area contributed by atoms with Crippen LogP contribution in [0.15, 0.2) is 48.5 Å². The molecule has 0 aliphatic heterocycles. The molecular formula is C34H27ClF7N5O3S. The standard InChI is InChI=1S/C34H27ClF7N5O3S/c1-46-30-22(4-3-5-23(30)26(44-46)15-51(2,49)50)21-6-7-27(35)43-29(21)17(8-16-9-18(36)12-19(37)10-16)11-20(48)14-47-32-28(31(45-47)34(40,41)42)24-13-25(24)33(32,38)39/h3-7,9-10,12,17,24-25H,8,11,13-15H2,1-2H3/t17-,24+,25-/m1/s1. The molecule has 3 aromatic heterocycles. The summed E-state index contributed by atoms with van der Waals surface area (Å²) in [5, 5.41) is 8.35. The molecule has 2 aliphatic rings. The molecule has 7 rings (SSSR count). The molecule has 0 saturated heterocycles. The topological polar surface area (TPSA) is 99.7 Å². The highest BCUT2D eigenvalue weighted by Crippen LogP contribution is 2.68. The van der Waals surface area contributed by atoms with E-state index >= 15 is 8.78 Å². The summed E-state index contributed by atoms with van der Waals surface area (Å²) in [6, 6.07) is 10.9. The van der Waals surface area contributed by atoms with Crippen molar-refractivity contribution >= 4 is 38.1 Å². The number of ketones is 1. The number of pyridine rings is 1. The number of alkyl halides is 5. The summed E-state index contributed by atoms with van der Waals surface area (Å²) in [4.78, 5) is 18.2. The van der Waals surface area contributed by atoms with E-state index < -0.39 is 87.0 Å². The Bertz CT molecular complexity index is 2340. The van der Waals surface area contributed by atoms with Gasteiger partial charge in [0.05, 0.1) is 22.7 Å². The molecule has 17 heteroatoms. The lowest BCUT2D eigenvalue weighted by Crippen LogP contribution is -2.24. The van der Waals surface area contributed by atoms with E-state index in [1.165, 1.54) is 10.7 Å². The molecule has 0 bridgehead atoms. The highest BCUT2D eigenvalue weighted by molar-refractivity contribution is 7.89. The number of para-hydroxylation sites is 1. The van der Waals surface area contributed by atoms with Gasteiger partial charge in [-0.25, -0.2) is 22.2 Å². The lowest BCUT2D eigenvalue weighted by molar-refractivity contribution is -0.142. The molecule has 1 saturated carbocycles. The fourth-order valence-corrected chi connectivity index (χ4v) is 8.21. The van der Waals surface area contributed by atoms with Crippen molar-refractivity contribution in [3.05, 3.63) is 99.2 Å². The quantitative estimate of drug-likeness (QED) is 0.108. The fourth-order valence-electron chi connectivity index (χ4n) is 7.35. The molecular weight excluding hydrogens is 727 g/mol. The number of halogens is 8. The minimum atomic E-state index is -5.02. The van der Waals surface area contributed by atoms with Crippen molar-refractivity contribution in [1.82, 2.24) is 24.5 Å². The lowest BCUT2D eigenvalue weighted by Gasteiger charge is -2.21. The molecule has 5 aromatic rings. The predicted molar refractivity (Wildman–Crippen MR) is 172 cm³/mol. The van der Waals surface area contributed by atoms with Crippen molar-refractivity contribution in [2.45, 2.75) is 55.5 Å². The molecule has 2 aliphatic carbocycles. The van der Waals surface area contributed by atoms with Crippen molar-refractivity contribution in [3.8, 4) is 11.1 Å². The Morgan fingerprint density at radius 2 is 1.76 bits per heavy atom. The number of Topliss-reactive ketones (excluding diaryl/α,β-unsaturated/α-hetero) is 1. The van der Waals surface area contributed by atoms with Crippen LogP contribution in [0.3, 0.4) is 0 Å². The van der Waals surface area contributed by atoms with Crippen LogP contribution in [0.4, 0.5) is 30.7 Å². The molecule has 0 N–H and O–H groups in total. The van der Waals surface area contributed by atoms with Crippen LogP contribution in [0.5, 0.6) is 0 Å². The average molecular weight is 754 g/mol. The maximum absolute atomic E-state index is 15.2. The third-order valence-electron chi connectivity index (χ3n) is 9.31. The average Bonchev–Trinajstić information content (AvgIpc) is 3.55. The highest BCUT2D eigenvalue weighted by Gasteiger charge is 2.68. The largest absolute Gasteiger partial charge is 0.435 e. The van der Waals surface area contributed by atoms with Gasteiger partial charge in [0.2, 0.25) is 0 Å². The molecule has 0 radical (unpaired) electrons. The van der Waals surface area contributed by atoms with Gasteiger partial charge in [-0.1, -0.05) is 29.8 Å². The lowest BCUT2D eigenvalue weighted by atomic mass is 9.86. The molecule has 268 valence electrons. The SMILES string of the molecule is Cn1nc(CS(C)(=O)=O)c2cccc(-c3ccc(Cl)nc3[C@@H](CC(=O)Cn3nc(C(F)(F)F)c4c3C(F)(F)[C@@H]3C[C@H]43)Cc3cc(F)cc(F)c3)c21. The van der Waals surface area contributed by atoms with Crippen LogP contribution in [0, 0.1) is 17.6 Å². The van der Waals surface area contributed by atoms with Crippen LogP contribution in [0.2, 0.25) is 5.15 Å². The molecule has 0 amide bonds. The van der Waals surface area contributed by atoms with Crippen LogP contribution in [0.25, 0.3) is 22.0 Å². The predicted octanol–water partition coefficient (Wildman–Crippen LogP) is 7.52. The summed E-state index contributed by atoms with van der Waals surface area (Å²) >= 11 is 6.35. The van der Waals surface area contributed by atoms with E-state index in [0.29, 0.717) is 32.8 Å². The summed E-state index contributed by atoms with van der Waals surface area (Å²) in [5.41, 5.74) is -1.04. The Morgan fingerprint density at radius 1 is 1.06 bits per heavy atom. The first-order chi connectivity index (χ1) is 23.8. The Kier molecular flexibility index (Phi) is 8.36. The molecule has 1 fully saturated rings. The van der Waals surface area contributed by atoms with Gasteiger partial charge in [0.15, 0.2) is 21.3 Å². The second-order valence-electron chi connectivity index (χ2n) is 13.2. The summed E-state index contributed by atoms with van der Waals surface area (Å²) in [6.07, 6.45) is -4.80. The molecule has 3 heterocycles. The first-order valence-corrected chi connectivity index (χ1v) is 18.1. The number of rotatable bonds is 10. The van der Waals surface area contributed by atoms with Gasteiger partial charge in [-0.3, -0.25) is 14.2 Å². The maximum atomic E-state index is 15.2. The Balaban J connectivity index is 1.32. The minimum Gasteiger partial charge on any atom is -0.298 e. The van der Waals surface area contributed by atoms with E-state index in [0.717, 1.165) is 18.4 Å². The van der Waals surface area contributed by atoms with Gasteiger partial charge in [-0.2, -0.15) is 32.1 Å². The number of nitrogens with zero attached hydrogens (tertiary/aromatic N) is 5. The normalized spacial score (nSPS) is 18.5. The Hall–Kier alpha value is -4.31. The van der Waals surface area contributed by atoms with Crippen LogP contribution in [-0.4, -0.2) is 45.0 Å². The second kappa shape index (κ2) is 12.1. The number of aromatic nitrogens is 5. The van der Waals surface area contributed by atoms with Gasteiger partial charge in [0, 0.05) is 59.7 Å². The van der Waals surface area contributed by atoms with Gasteiger partial charge < -0.3 is 0 Å². The van der Waals surface area contributed by atoms with E-state index in [2.05, 4.69) is 15.2 Å². The third kappa shape index (κ3) is 6.52. The number of aryl methyl sites for hydroxylation is 1. The minimum absolute atomic E-state index is 0.0230. The van der Waals surface area contributed by atoms with Gasteiger partial charge in [0.1, 0.15) is 29.0 Å². The van der Waals surface area contributed by atoms with Crippen LogP contribution < -0.4 is 0 Å². The van der Waals surface area contributed by atoms with Crippen LogP contribution >= 0.6 is 11.6 Å². The van der Waals surface area contributed by atoms with Crippen molar-refractivity contribution in [2.24, 2.45) is 13.0 Å². The zero-order valence-corrected chi connectivity index (χ0v) is 28.4. The van der Waals surface area contributed by atoms with Crippen LogP contribution in [0.1, 0.15) is 58.6 Å². The van der Waals surface area contributed by atoms with Gasteiger partial charge in [-0.05, 0) is 48.6 Å². The number of benzene rings is 2. The number of hydrogen-bond acceptors (Lipinski definition) is 6. The first kappa shape index (κ1) is 35.1. The first-order valence-electron chi connectivity index (χ1n) is 15.6. The van der Waals surface area contributed by atoms with Crippen molar-refractivity contribution in [1.29, 1.82) is 0 Å². The van der Waals surface area contributed by atoms with Crippen molar-refractivity contribution < 1.29 is 43.9 Å². The van der Waals surface area contributed by atoms with Crippen molar-refractivity contribution in [3.63, 3.8) is 0 Å². The van der Waals surface area contributed by atoms with E-state index in [1.807, 2.05) is 0 Å². The van der Waals surface area contributed by atoms with Gasteiger partial charge >= 0.3 is 6.18 Å². The number of carbonyl (C=O) groups excluding carboxylic acids is 1. The summed E-state index contributed by atoms with van der Waals surface area (Å²) in [5.74, 6) is -9.91.